The average Bonchev–Trinajstić information content (AvgIpc) is 3.32. The number of rotatable bonds is 10. The van der Waals surface area contributed by atoms with Crippen molar-refractivity contribution in [1.82, 2.24) is 20.9 Å². The first-order valence-electron chi connectivity index (χ1n) is 13.6. The van der Waals surface area contributed by atoms with Crippen LogP contribution >= 0.6 is 0 Å². The molecule has 2 aliphatic carbocycles. The molecule has 3 rings (SSSR count). The average molecular weight is 493 g/mol. The molecule has 4 amide bonds. The van der Waals surface area contributed by atoms with Gasteiger partial charge in [-0.3, -0.25) is 14.4 Å². The van der Waals surface area contributed by atoms with Gasteiger partial charge in [-0.1, -0.05) is 58.8 Å². The number of nitrogens with one attached hydrogen (secondary N) is 3. The Morgan fingerprint density at radius 2 is 1.57 bits per heavy atom. The first-order chi connectivity index (χ1) is 16.8. The summed E-state index contributed by atoms with van der Waals surface area (Å²) >= 11 is 0. The molecule has 1 aliphatic heterocycles. The molecule has 9 nitrogen and oxygen atoms in total. The number of carbonyl (C=O) groups is 4. The second-order valence-electron chi connectivity index (χ2n) is 10.9. The minimum absolute atomic E-state index is 0.0357. The monoisotopic (exact) mass is 492 g/mol. The lowest BCUT2D eigenvalue weighted by Crippen LogP contribution is -2.64. The second-order valence-corrected chi connectivity index (χ2v) is 10.9. The van der Waals surface area contributed by atoms with E-state index in [0.29, 0.717) is 52.1 Å². The van der Waals surface area contributed by atoms with Gasteiger partial charge in [0.2, 0.25) is 11.7 Å². The van der Waals surface area contributed by atoms with Gasteiger partial charge in [-0.15, -0.1) is 0 Å². The van der Waals surface area contributed by atoms with Crippen molar-refractivity contribution in [1.29, 1.82) is 0 Å². The third kappa shape index (κ3) is 7.41. The Morgan fingerprint density at radius 1 is 0.943 bits per heavy atom. The molecule has 3 N–H and O–H groups in total. The van der Waals surface area contributed by atoms with E-state index in [2.05, 4.69) is 22.9 Å². The number of nitrogens with zero attached hydrogens (tertiary/aromatic N) is 1. The summed E-state index contributed by atoms with van der Waals surface area (Å²) in [4.78, 5) is 54.1. The van der Waals surface area contributed by atoms with Crippen molar-refractivity contribution in [3.8, 4) is 0 Å². The molecule has 0 spiro atoms. The van der Waals surface area contributed by atoms with Crippen LogP contribution < -0.4 is 16.0 Å². The second kappa shape index (κ2) is 12.7. The summed E-state index contributed by atoms with van der Waals surface area (Å²) < 4.78 is 5.33. The highest BCUT2D eigenvalue weighted by atomic mass is 16.5. The summed E-state index contributed by atoms with van der Waals surface area (Å²) in [6.45, 7) is 6.56. The first-order valence-corrected chi connectivity index (χ1v) is 13.6. The third-order valence-electron chi connectivity index (χ3n) is 7.96. The Bertz CT molecular complexity index is 753. The van der Waals surface area contributed by atoms with Gasteiger partial charge >= 0.3 is 6.03 Å². The number of carbonyl (C=O) groups excluding carboxylic acids is 4. The molecule has 1 heterocycles. The van der Waals surface area contributed by atoms with Gasteiger partial charge in [0.05, 0.1) is 19.3 Å². The van der Waals surface area contributed by atoms with E-state index in [1.54, 1.807) is 4.90 Å². The highest BCUT2D eigenvalue weighted by molar-refractivity contribution is 6.38. The standard InChI is InChI=1S/C26H44N4O5/c1-3-4-10-20(21(31)22(32)27-19-25(2)11-8-9-12-25)28-23(33)26(13-6-5-7-14-26)29-24(34)30-15-17-35-18-16-30/h20H,3-19H2,1-2H3,(H,27,32)(H,28,33)(H,29,34). The minimum atomic E-state index is -1.06. The van der Waals surface area contributed by atoms with Crippen LogP contribution in [0.1, 0.15) is 90.9 Å². The largest absolute Gasteiger partial charge is 0.378 e. The normalized spacial score (nSPS) is 22.2. The maximum absolute atomic E-state index is 13.6. The maximum atomic E-state index is 13.6. The van der Waals surface area contributed by atoms with E-state index >= 15 is 0 Å². The zero-order valence-electron chi connectivity index (χ0n) is 21.6. The van der Waals surface area contributed by atoms with Crippen LogP contribution in [0, 0.1) is 5.41 Å². The van der Waals surface area contributed by atoms with E-state index in [4.69, 9.17) is 4.74 Å². The molecule has 0 aromatic rings. The first kappa shape index (κ1) is 27.4. The van der Waals surface area contributed by atoms with E-state index in [0.717, 1.165) is 57.8 Å². The fourth-order valence-electron chi connectivity index (χ4n) is 5.53. The van der Waals surface area contributed by atoms with Gasteiger partial charge in [0.25, 0.3) is 5.91 Å². The number of morpholine rings is 1. The van der Waals surface area contributed by atoms with Crippen LogP contribution in [0.25, 0.3) is 0 Å². The van der Waals surface area contributed by atoms with Crippen LogP contribution in [0.4, 0.5) is 4.79 Å². The number of ketones is 1. The minimum Gasteiger partial charge on any atom is -0.378 e. The molecule has 1 atom stereocenters. The van der Waals surface area contributed by atoms with E-state index < -0.39 is 23.3 Å². The number of urea groups is 1. The van der Waals surface area contributed by atoms with Crippen molar-refractivity contribution in [3.05, 3.63) is 0 Å². The van der Waals surface area contributed by atoms with Crippen molar-refractivity contribution in [3.63, 3.8) is 0 Å². The van der Waals surface area contributed by atoms with Crippen LogP contribution in [0.3, 0.4) is 0 Å². The molecule has 2 saturated carbocycles. The molecule has 3 fully saturated rings. The van der Waals surface area contributed by atoms with Crippen molar-refractivity contribution in [2.75, 3.05) is 32.8 Å². The zero-order chi connectivity index (χ0) is 25.3. The van der Waals surface area contributed by atoms with Crippen LogP contribution in [0.5, 0.6) is 0 Å². The summed E-state index contributed by atoms with van der Waals surface area (Å²) in [5.74, 6) is -1.59. The molecule has 0 radical (unpaired) electrons. The summed E-state index contributed by atoms with van der Waals surface area (Å²) in [5, 5.41) is 8.72. The van der Waals surface area contributed by atoms with E-state index in [-0.39, 0.29) is 17.4 Å². The fraction of sp³-hybridized carbons (Fsp3) is 0.846. The van der Waals surface area contributed by atoms with Gasteiger partial charge in [0, 0.05) is 19.6 Å². The Hall–Kier alpha value is -2.16. The number of unbranched alkanes of at least 4 members (excludes halogenated alkanes) is 1. The number of amides is 4. The predicted molar refractivity (Wildman–Crippen MR) is 133 cm³/mol. The molecule has 0 bridgehead atoms. The molecule has 35 heavy (non-hydrogen) atoms. The molecular weight excluding hydrogens is 448 g/mol. The Kier molecular flexibility index (Phi) is 9.95. The van der Waals surface area contributed by atoms with Crippen molar-refractivity contribution >= 4 is 23.6 Å². The summed E-state index contributed by atoms with van der Waals surface area (Å²) in [6.07, 6.45) is 10.0. The van der Waals surface area contributed by atoms with Crippen molar-refractivity contribution in [2.24, 2.45) is 5.41 Å². The van der Waals surface area contributed by atoms with Crippen LogP contribution in [0.15, 0.2) is 0 Å². The topological polar surface area (TPSA) is 117 Å². The van der Waals surface area contributed by atoms with Gasteiger partial charge in [-0.2, -0.15) is 0 Å². The summed E-state index contributed by atoms with van der Waals surface area (Å²) in [6, 6.07) is -1.16. The molecule has 0 aromatic carbocycles. The zero-order valence-corrected chi connectivity index (χ0v) is 21.6. The number of hydrogen-bond acceptors (Lipinski definition) is 5. The number of ether oxygens (including phenoxy) is 1. The van der Waals surface area contributed by atoms with E-state index in [9.17, 15) is 19.2 Å². The van der Waals surface area contributed by atoms with Gasteiger partial charge in [-0.25, -0.2) is 4.79 Å². The fourth-order valence-corrected chi connectivity index (χ4v) is 5.53. The number of Topliss-reactive ketones (excluding diaryl/α,β-unsaturated/α-hetero) is 1. The van der Waals surface area contributed by atoms with Crippen LogP contribution in [-0.4, -0.2) is 73.0 Å². The Morgan fingerprint density at radius 3 is 2.20 bits per heavy atom. The summed E-state index contributed by atoms with van der Waals surface area (Å²) in [5.41, 5.74) is -1.03. The highest BCUT2D eigenvalue weighted by Gasteiger charge is 2.43. The maximum Gasteiger partial charge on any atom is 0.318 e. The van der Waals surface area contributed by atoms with E-state index in [1.165, 1.54) is 0 Å². The summed E-state index contributed by atoms with van der Waals surface area (Å²) in [7, 11) is 0. The number of hydrogen-bond donors (Lipinski definition) is 3. The quantitative estimate of drug-likeness (QED) is 0.406. The highest BCUT2D eigenvalue weighted by Crippen LogP contribution is 2.36. The molecule has 1 unspecified atom stereocenters. The van der Waals surface area contributed by atoms with E-state index in [1.807, 2.05) is 6.92 Å². The molecule has 0 aromatic heterocycles. The lowest BCUT2D eigenvalue weighted by atomic mass is 9.80. The van der Waals surface area contributed by atoms with Gasteiger partial charge < -0.3 is 25.6 Å². The Labute approximate surface area is 209 Å². The van der Waals surface area contributed by atoms with Crippen molar-refractivity contribution < 1.29 is 23.9 Å². The van der Waals surface area contributed by atoms with Crippen LogP contribution in [0.2, 0.25) is 0 Å². The molecule has 9 heteroatoms. The SMILES string of the molecule is CCCCC(NC(=O)C1(NC(=O)N2CCOCC2)CCCCC1)C(=O)C(=O)NCC1(C)CCCC1. The third-order valence-corrected chi connectivity index (χ3v) is 7.96. The van der Waals surface area contributed by atoms with Crippen LogP contribution in [-0.2, 0) is 19.1 Å². The Balaban J connectivity index is 1.66. The van der Waals surface area contributed by atoms with Gasteiger partial charge in [0.15, 0.2) is 0 Å². The molecule has 3 aliphatic rings. The smallest absolute Gasteiger partial charge is 0.318 e. The lowest BCUT2D eigenvalue weighted by molar-refractivity contribution is -0.141. The lowest BCUT2D eigenvalue weighted by Gasteiger charge is -2.39. The molecular formula is C26H44N4O5. The predicted octanol–water partition coefficient (Wildman–Crippen LogP) is 2.67. The van der Waals surface area contributed by atoms with Crippen molar-refractivity contribution in [2.45, 2.75) is 102 Å². The van der Waals surface area contributed by atoms with Gasteiger partial charge in [0.1, 0.15) is 5.54 Å². The molecule has 1 saturated heterocycles. The van der Waals surface area contributed by atoms with Gasteiger partial charge in [-0.05, 0) is 37.5 Å². The molecule has 198 valence electrons.